The van der Waals surface area contributed by atoms with Crippen LogP contribution in [0.1, 0.15) is 54.8 Å². The van der Waals surface area contributed by atoms with Gasteiger partial charge in [0.2, 0.25) is 0 Å². The van der Waals surface area contributed by atoms with Crippen molar-refractivity contribution in [1.29, 1.82) is 0 Å². The number of nitrogens with zero attached hydrogens (tertiary/aromatic N) is 2. The molecule has 1 aliphatic rings. The lowest BCUT2D eigenvalue weighted by Crippen LogP contribution is -2.31. The van der Waals surface area contributed by atoms with Crippen LogP contribution in [-0.2, 0) is 4.74 Å². The zero-order valence-corrected chi connectivity index (χ0v) is 19.8. The number of para-hydroxylation sites is 1. The molecule has 8 nitrogen and oxygen atoms in total. The lowest BCUT2D eigenvalue weighted by atomic mass is 9.95. The molecule has 0 aliphatic carbocycles. The van der Waals surface area contributed by atoms with Gasteiger partial charge in [0.15, 0.2) is 11.5 Å². The van der Waals surface area contributed by atoms with E-state index in [1.54, 1.807) is 18.2 Å². The number of amides is 1. The zero-order chi connectivity index (χ0) is 24.1. The van der Waals surface area contributed by atoms with Crippen LogP contribution in [0.25, 0.3) is 11.3 Å². The summed E-state index contributed by atoms with van der Waals surface area (Å²) in [7, 11) is 0. The molecule has 0 spiro atoms. The van der Waals surface area contributed by atoms with Crippen LogP contribution in [0.2, 0.25) is 0 Å². The predicted octanol–water partition coefficient (Wildman–Crippen LogP) is 4.55. The summed E-state index contributed by atoms with van der Waals surface area (Å²) in [6.07, 6.45) is 0.703. The second-order valence-corrected chi connectivity index (χ2v) is 7.90. The summed E-state index contributed by atoms with van der Waals surface area (Å²) < 4.78 is 17.1. The standard InChI is InChI=1S/C26H31N3O5/c1-4-32-15-9-14-29-25(17-12-13-20(33-5-2)21(16-17)34-6-3)22-23(27-28-24(22)26(29)31)18-10-7-8-11-19(18)30/h7-8,10-13,16,25,30H,4-6,9,14-15H2,1-3H3,(H,27,28). The number of fused-ring (bicyclic) bond motifs is 1. The SMILES string of the molecule is CCOCCCN1C(=O)c2[nH]nc(-c3ccccc3O)c2C1c1ccc(OCC)c(OCC)c1. The van der Waals surface area contributed by atoms with Gasteiger partial charge in [-0.3, -0.25) is 9.89 Å². The molecule has 1 amide bonds. The number of aromatic nitrogens is 2. The second-order valence-electron chi connectivity index (χ2n) is 7.90. The van der Waals surface area contributed by atoms with Gasteiger partial charge in [-0.25, -0.2) is 0 Å². The normalized spacial score (nSPS) is 15.0. The Kier molecular flexibility index (Phi) is 7.37. The Bertz CT molecular complexity index is 1140. The summed E-state index contributed by atoms with van der Waals surface area (Å²) >= 11 is 0. The van der Waals surface area contributed by atoms with Gasteiger partial charge in [-0.15, -0.1) is 0 Å². The maximum absolute atomic E-state index is 13.4. The largest absolute Gasteiger partial charge is 0.507 e. The quantitative estimate of drug-likeness (QED) is 0.403. The highest BCUT2D eigenvalue weighted by molar-refractivity contribution is 6.00. The van der Waals surface area contributed by atoms with Gasteiger partial charge >= 0.3 is 0 Å². The molecule has 0 radical (unpaired) electrons. The zero-order valence-electron chi connectivity index (χ0n) is 19.8. The van der Waals surface area contributed by atoms with Gasteiger partial charge in [-0.2, -0.15) is 5.10 Å². The molecule has 1 aromatic heterocycles. The number of aromatic hydroxyl groups is 1. The molecule has 1 aliphatic heterocycles. The van der Waals surface area contributed by atoms with Gasteiger partial charge in [-0.05, 0) is 57.0 Å². The van der Waals surface area contributed by atoms with E-state index in [1.807, 2.05) is 49.9 Å². The van der Waals surface area contributed by atoms with Gasteiger partial charge < -0.3 is 24.2 Å². The maximum atomic E-state index is 13.4. The van der Waals surface area contributed by atoms with Crippen LogP contribution in [0, 0.1) is 0 Å². The molecule has 2 heterocycles. The fraction of sp³-hybridized carbons (Fsp3) is 0.385. The molecule has 1 atom stereocenters. The topological polar surface area (TPSA) is 96.9 Å². The van der Waals surface area contributed by atoms with Crippen molar-refractivity contribution in [2.75, 3.05) is 33.0 Å². The first-order valence-electron chi connectivity index (χ1n) is 11.7. The van der Waals surface area contributed by atoms with Crippen LogP contribution in [-0.4, -0.2) is 59.1 Å². The number of hydrogen-bond acceptors (Lipinski definition) is 6. The summed E-state index contributed by atoms with van der Waals surface area (Å²) in [4.78, 5) is 15.3. The third-order valence-electron chi connectivity index (χ3n) is 5.80. The minimum atomic E-state index is -0.396. The highest BCUT2D eigenvalue weighted by Crippen LogP contribution is 2.45. The molecule has 3 aromatic rings. The average molecular weight is 466 g/mol. The Hall–Kier alpha value is -3.52. The van der Waals surface area contributed by atoms with Crippen molar-refractivity contribution in [2.45, 2.75) is 33.2 Å². The van der Waals surface area contributed by atoms with E-state index in [4.69, 9.17) is 14.2 Å². The Balaban J connectivity index is 1.81. The van der Waals surface area contributed by atoms with Crippen molar-refractivity contribution in [1.82, 2.24) is 15.1 Å². The number of phenolic OH excluding ortho intramolecular Hbond substituents is 1. The second kappa shape index (κ2) is 10.6. The summed E-state index contributed by atoms with van der Waals surface area (Å²) in [6, 6.07) is 12.4. The molecular formula is C26H31N3O5. The van der Waals surface area contributed by atoms with Crippen molar-refractivity contribution in [3.63, 3.8) is 0 Å². The summed E-state index contributed by atoms with van der Waals surface area (Å²) in [5.41, 5.74) is 3.20. The third kappa shape index (κ3) is 4.46. The Labute approximate surface area is 199 Å². The summed E-state index contributed by atoms with van der Waals surface area (Å²) in [5, 5.41) is 17.9. The van der Waals surface area contributed by atoms with Crippen molar-refractivity contribution in [3.8, 4) is 28.5 Å². The van der Waals surface area contributed by atoms with Crippen molar-refractivity contribution < 1.29 is 24.1 Å². The van der Waals surface area contributed by atoms with E-state index in [-0.39, 0.29) is 11.7 Å². The highest BCUT2D eigenvalue weighted by Gasteiger charge is 2.42. The van der Waals surface area contributed by atoms with Crippen LogP contribution in [0.4, 0.5) is 0 Å². The fourth-order valence-corrected chi connectivity index (χ4v) is 4.37. The van der Waals surface area contributed by atoms with E-state index in [0.717, 1.165) is 11.1 Å². The predicted molar refractivity (Wildman–Crippen MR) is 128 cm³/mol. The van der Waals surface area contributed by atoms with E-state index >= 15 is 0 Å². The Morgan fingerprint density at radius 2 is 1.79 bits per heavy atom. The molecular weight excluding hydrogens is 434 g/mol. The van der Waals surface area contributed by atoms with E-state index < -0.39 is 6.04 Å². The van der Waals surface area contributed by atoms with Crippen LogP contribution in [0.3, 0.4) is 0 Å². The highest BCUT2D eigenvalue weighted by atomic mass is 16.5. The number of benzene rings is 2. The molecule has 4 rings (SSSR count). The average Bonchev–Trinajstić information content (AvgIpc) is 3.37. The molecule has 0 saturated heterocycles. The van der Waals surface area contributed by atoms with E-state index in [2.05, 4.69) is 10.2 Å². The smallest absolute Gasteiger partial charge is 0.273 e. The van der Waals surface area contributed by atoms with Crippen LogP contribution < -0.4 is 9.47 Å². The number of carbonyl (C=O) groups is 1. The van der Waals surface area contributed by atoms with Gasteiger partial charge in [0, 0.05) is 30.9 Å². The van der Waals surface area contributed by atoms with Gasteiger partial charge in [-0.1, -0.05) is 18.2 Å². The molecule has 2 N–H and O–H groups in total. The van der Waals surface area contributed by atoms with Gasteiger partial charge in [0.05, 0.1) is 19.3 Å². The van der Waals surface area contributed by atoms with Gasteiger partial charge in [0.25, 0.3) is 5.91 Å². The minimum Gasteiger partial charge on any atom is -0.507 e. The molecule has 180 valence electrons. The molecule has 34 heavy (non-hydrogen) atoms. The fourth-order valence-electron chi connectivity index (χ4n) is 4.37. The number of hydrogen-bond donors (Lipinski definition) is 2. The van der Waals surface area contributed by atoms with Crippen molar-refractivity contribution in [3.05, 3.63) is 59.3 Å². The lowest BCUT2D eigenvalue weighted by Gasteiger charge is -2.27. The number of aromatic amines is 1. The van der Waals surface area contributed by atoms with E-state index in [0.29, 0.717) is 67.8 Å². The number of H-pyrrole nitrogens is 1. The first-order valence-corrected chi connectivity index (χ1v) is 11.7. The van der Waals surface area contributed by atoms with Crippen LogP contribution in [0.15, 0.2) is 42.5 Å². The molecule has 1 unspecified atom stereocenters. The number of carbonyl (C=O) groups excluding carboxylic acids is 1. The third-order valence-corrected chi connectivity index (χ3v) is 5.80. The number of phenols is 1. The molecule has 0 saturated carbocycles. The minimum absolute atomic E-state index is 0.111. The van der Waals surface area contributed by atoms with Crippen molar-refractivity contribution >= 4 is 5.91 Å². The first kappa shape index (κ1) is 23.6. The molecule has 2 aromatic carbocycles. The molecule has 0 fully saturated rings. The van der Waals surface area contributed by atoms with Gasteiger partial charge in [0.1, 0.15) is 17.1 Å². The molecule has 0 bridgehead atoms. The number of nitrogens with one attached hydrogen (secondary N) is 1. The Morgan fingerprint density at radius 3 is 2.53 bits per heavy atom. The monoisotopic (exact) mass is 465 g/mol. The maximum Gasteiger partial charge on any atom is 0.273 e. The first-order chi connectivity index (χ1) is 16.6. The number of rotatable bonds is 11. The van der Waals surface area contributed by atoms with Crippen molar-refractivity contribution in [2.24, 2.45) is 0 Å². The van der Waals surface area contributed by atoms with E-state index in [9.17, 15) is 9.90 Å². The number of ether oxygens (including phenoxy) is 3. The van der Waals surface area contributed by atoms with E-state index in [1.165, 1.54) is 0 Å². The van der Waals surface area contributed by atoms with Crippen LogP contribution in [0.5, 0.6) is 17.2 Å². The summed E-state index contributed by atoms with van der Waals surface area (Å²) in [6.45, 7) is 8.53. The lowest BCUT2D eigenvalue weighted by molar-refractivity contribution is 0.0710. The van der Waals surface area contributed by atoms with Crippen LogP contribution >= 0.6 is 0 Å². The summed E-state index contributed by atoms with van der Waals surface area (Å²) in [5.74, 6) is 1.27. The Morgan fingerprint density at radius 1 is 1.03 bits per heavy atom. The molecule has 8 heteroatoms.